The molecule has 1 saturated carbocycles. The molecule has 0 amide bonds. The summed E-state index contributed by atoms with van der Waals surface area (Å²) in [5, 5.41) is 10.6. The van der Waals surface area contributed by atoms with Gasteiger partial charge in [-0.15, -0.1) is 0 Å². The number of hydrogen-bond acceptors (Lipinski definition) is 3. The highest BCUT2D eigenvalue weighted by Crippen LogP contribution is 2.39. The quantitative estimate of drug-likeness (QED) is 0.932. The zero-order chi connectivity index (χ0) is 14.9. The van der Waals surface area contributed by atoms with Gasteiger partial charge in [0.15, 0.2) is 9.84 Å². The van der Waals surface area contributed by atoms with E-state index < -0.39 is 15.9 Å². The lowest BCUT2D eigenvalue weighted by Gasteiger charge is -2.34. The summed E-state index contributed by atoms with van der Waals surface area (Å²) in [6, 6.07) is 6.73. The highest BCUT2D eigenvalue weighted by Gasteiger charge is 2.30. The molecule has 1 aromatic carbocycles. The van der Waals surface area contributed by atoms with Crippen LogP contribution in [-0.2, 0) is 9.84 Å². The van der Waals surface area contributed by atoms with Gasteiger partial charge in [-0.1, -0.05) is 26.0 Å². The predicted octanol–water partition coefficient (Wildman–Crippen LogP) is 3.20. The number of aliphatic hydroxyl groups excluding tert-OH is 1. The normalized spacial score (nSPS) is 29.1. The van der Waals surface area contributed by atoms with Crippen molar-refractivity contribution in [1.82, 2.24) is 0 Å². The van der Waals surface area contributed by atoms with E-state index in [9.17, 15) is 13.5 Å². The van der Waals surface area contributed by atoms with Crippen molar-refractivity contribution in [1.29, 1.82) is 0 Å². The zero-order valence-corrected chi connectivity index (χ0v) is 13.2. The Balaban J connectivity index is 2.23. The van der Waals surface area contributed by atoms with Gasteiger partial charge in [-0.05, 0) is 54.7 Å². The molecular formula is C16H24O3S. The average Bonchev–Trinajstić information content (AvgIpc) is 2.36. The first-order chi connectivity index (χ1) is 9.27. The van der Waals surface area contributed by atoms with Gasteiger partial charge < -0.3 is 5.11 Å². The molecule has 3 atom stereocenters. The van der Waals surface area contributed by atoms with E-state index in [0.29, 0.717) is 11.8 Å². The first-order valence-electron chi connectivity index (χ1n) is 7.25. The summed E-state index contributed by atoms with van der Waals surface area (Å²) in [7, 11) is -3.22. The van der Waals surface area contributed by atoms with E-state index in [-0.39, 0.29) is 10.8 Å². The maximum atomic E-state index is 11.6. The van der Waals surface area contributed by atoms with Crippen LogP contribution in [0.3, 0.4) is 0 Å². The summed E-state index contributed by atoms with van der Waals surface area (Å²) in [6.07, 6.45) is 3.86. The van der Waals surface area contributed by atoms with Gasteiger partial charge in [-0.25, -0.2) is 8.42 Å². The molecule has 1 fully saturated rings. The summed E-state index contributed by atoms with van der Waals surface area (Å²) in [4.78, 5) is 0.283. The molecule has 0 bridgehead atoms. The van der Waals surface area contributed by atoms with Crippen molar-refractivity contribution in [2.75, 3.05) is 6.26 Å². The Hall–Kier alpha value is -0.870. The van der Waals surface area contributed by atoms with Crippen LogP contribution in [0.2, 0.25) is 0 Å². The summed E-state index contributed by atoms with van der Waals surface area (Å²) in [5.41, 5.74) is 0.722. The molecule has 4 heteroatoms. The molecule has 0 radical (unpaired) electrons. The summed E-state index contributed by atoms with van der Waals surface area (Å²) >= 11 is 0. The van der Waals surface area contributed by atoms with Crippen molar-refractivity contribution in [2.45, 2.75) is 44.1 Å². The Kier molecular flexibility index (Phi) is 4.55. The molecule has 0 saturated heterocycles. The Morgan fingerprint density at radius 2 is 1.75 bits per heavy atom. The topological polar surface area (TPSA) is 54.4 Å². The van der Waals surface area contributed by atoms with Crippen molar-refractivity contribution < 1.29 is 13.5 Å². The van der Waals surface area contributed by atoms with Crippen molar-refractivity contribution in [3.8, 4) is 0 Å². The molecular weight excluding hydrogens is 272 g/mol. The molecule has 1 aliphatic rings. The molecule has 2 rings (SSSR count). The third-order valence-electron chi connectivity index (χ3n) is 4.29. The maximum absolute atomic E-state index is 11.6. The van der Waals surface area contributed by atoms with Crippen LogP contribution in [-0.4, -0.2) is 19.8 Å². The molecule has 20 heavy (non-hydrogen) atoms. The third-order valence-corrected chi connectivity index (χ3v) is 5.40. The molecule has 3 unspecified atom stereocenters. The van der Waals surface area contributed by atoms with E-state index in [1.54, 1.807) is 18.2 Å². The fourth-order valence-corrected chi connectivity index (χ4v) is 4.14. The van der Waals surface area contributed by atoms with Gasteiger partial charge in [-0.2, -0.15) is 0 Å². The second-order valence-electron chi connectivity index (χ2n) is 6.47. The van der Waals surface area contributed by atoms with Crippen molar-refractivity contribution >= 4 is 9.84 Å². The van der Waals surface area contributed by atoms with E-state index in [2.05, 4.69) is 13.8 Å². The molecule has 1 aliphatic carbocycles. The van der Waals surface area contributed by atoms with Crippen molar-refractivity contribution in [2.24, 2.45) is 17.8 Å². The van der Waals surface area contributed by atoms with E-state index in [4.69, 9.17) is 0 Å². The second kappa shape index (κ2) is 5.86. The Bertz CT molecular complexity index is 555. The lowest BCUT2D eigenvalue weighted by Crippen LogP contribution is -2.24. The third kappa shape index (κ3) is 3.61. The van der Waals surface area contributed by atoms with Crippen LogP contribution < -0.4 is 0 Å². The summed E-state index contributed by atoms with van der Waals surface area (Å²) < 4.78 is 23.2. The van der Waals surface area contributed by atoms with Crippen molar-refractivity contribution in [3.63, 3.8) is 0 Å². The first kappa shape index (κ1) is 15.5. The highest BCUT2D eigenvalue weighted by molar-refractivity contribution is 7.90. The standard InChI is InChI=1S/C16H24O3S/c1-11-7-12(2)9-14(8-11)16(17)13-5-4-6-15(10-13)20(3,18)19/h4-6,10-12,14,16-17H,7-9H2,1-3H3. The number of rotatable bonds is 3. The number of hydrogen-bond donors (Lipinski definition) is 1. The zero-order valence-electron chi connectivity index (χ0n) is 12.4. The van der Waals surface area contributed by atoms with Crippen LogP contribution in [0.4, 0.5) is 0 Å². The van der Waals surface area contributed by atoms with Crippen LogP contribution in [0.15, 0.2) is 29.2 Å². The molecule has 0 aromatic heterocycles. The van der Waals surface area contributed by atoms with Gasteiger partial charge >= 0.3 is 0 Å². The minimum Gasteiger partial charge on any atom is -0.388 e. The van der Waals surface area contributed by atoms with Crippen LogP contribution in [0.5, 0.6) is 0 Å². The van der Waals surface area contributed by atoms with Crippen LogP contribution in [0.1, 0.15) is 44.8 Å². The summed E-state index contributed by atoms with van der Waals surface area (Å²) in [5.74, 6) is 1.47. The SMILES string of the molecule is CC1CC(C)CC(C(O)c2cccc(S(C)(=O)=O)c2)C1. The van der Waals surface area contributed by atoms with E-state index in [1.807, 2.05) is 6.07 Å². The van der Waals surface area contributed by atoms with Crippen LogP contribution in [0.25, 0.3) is 0 Å². The van der Waals surface area contributed by atoms with Crippen molar-refractivity contribution in [3.05, 3.63) is 29.8 Å². The monoisotopic (exact) mass is 296 g/mol. The van der Waals surface area contributed by atoms with E-state index >= 15 is 0 Å². The maximum Gasteiger partial charge on any atom is 0.175 e. The fraction of sp³-hybridized carbons (Fsp3) is 0.625. The number of sulfone groups is 1. The summed E-state index contributed by atoms with van der Waals surface area (Å²) in [6.45, 7) is 4.45. The van der Waals surface area contributed by atoms with Gasteiger partial charge in [0, 0.05) is 6.26 Å². The minimum atomic E-state index is -3.22. The molecule has 0 heterocycles. The molecule has 1 aromatic rings. The fourth-order valence-electron chi connectivity index (χ4n) is 3.47. The minimum absolute atomic E-state index is 0.226. The van der Waals surface area contributed by atoms with E-state index in [0.717, 1.165) is 18.4 Å². The second-order valence-corrected chi connectivity index (χ2v) is 8.48. The highest BCUT2D eigenvalue weighted by atomic mass is 32.2. The lowest BCUT2D eigenvalue weighted by atomic mass is 9.73. The molecule has 0 aliphatic heterocycles. The average molecular weight is 296 g/mol. The number of benzene rings is 1. The van der Waals surface area contributed by atoms with Gasteiger partial charge in [-0.3, -0.25) is 0 Å². The lowest BCUT2D eigenvalue weighted by molar-refractivity contribution is 0.0550. The Morgan fingerprint density at radius 1 is 1.15 bits per heavy atom. The molecule has 0 spiro atoms. The van der Waals surface area contributed by atoms with Gasteiger partial charge in [0.05, 0.1) is 11.0 Å². The molecule has 1 N–H and O–H groups in total. The van der Waals surface area contributed by atoms with Crippen LogP contribution >= 0.6 is 0 Å². The number of aliphatic hydroxyl groups is 1. The van der Waals surface area contributed by atoms with E-state index in [1.165, 1.54) is 12.7 Å². The predicted molar refractivity (Wildman–Crippen MR) is 80.2 cm³/mol. The van der Waals surface area contributed by atoms with Crippen LogP contribution in [0, 0.1) is 17.8 Å². The van der Waals surface area contributed by atoms with Gasteiger partial charge in [0.25, 0.3) is 0 Å². The Morgan fingerprint density at radius 3 is 2.30 bits per heavy atom. The molecule has 3 nitrogen and oxygen atoms in total. The van der Waals surface area contributed by atoms with Gasteiger partial charge in [0.2, 0.25) is 0 Å². The smallest absolute Gasteiger partial charge is 0.175 e. The van der Waals surface area contributed by atoms with Gasteiger partial charge in [0.1, 0.15) is 0 Å². The Labute approximate surface area is 121 Å². The first-order valence-corrected chi connectivity index (χ1v) is 9.14. The molecule has 112 valence electrons. The largest absolute Gasteiger partial charge is 0.388 e.